The van der Waals surface area contributed by atoms with Crippen LogP contribution in [-0.2, 0) is 9.59 Å². The summed E-state index contributed by atoms with van der Waals surface area (Å²) < 4.78 is 0. The lowest BCUT2D eigenvalue weighted by Crippen LogP contribution is -2.32. The van der Waals surface area contributed by atoms with Crippen LogP contribution < -0.4 is 10.6 Å². The number of rotatable bonds is 2. The summed E-state index contributed by atoms with van der Waals surface area (Å²) in [5, 5.41) is 4.76. The van der Waals surface area contributed by atoms with Gasteiger partial charge in [0, 0.05) is 17.6 Å². The van der Waals surface area contributed by atoms with Gasteiger partial charge in [0.1, 0.15) is 0 Å². The quantitative estimate of drug-likeness (QED) is 0.584. The molecule has 1 aromatic rings. The summed E-state index contributed by atoms with van der Waals surface area (Å²) in [6, 6.07) is 7.30. The number of carbonyl (C=O) groups excluding carboxylic acids is 2. The number of thioether (sulfide) groups is 1. The van der Waals surface area contributed by atoms with E-state index in [1.54, 1.807) is 17.8 Å². The fraction of sp³-hybridized carbons (Fsp3) is 0.200. The maximum absolute atomic E-state index is 11.2. The second kappa shape index (κ2) is 5.41. The molecule has 0 spiro atoms. The van der Waals surface area contributed by atoms with E-state index in [1.165, 1.54) is 7.05 Å². The smallest absolute Gasteiger partial charge is 0.313 e. The van der Waals surface area contributed by atoms with Crippen LogP contribution in [0.15, 0.2) is 29.2 Å². The van der Waals surface area contributed by atoms with Crippen molar-refractivity contribution in [3.63, 3.8) is 0 Å². The lowest BCUT2D eigenvalue weighted by Gasteiger charge is -2.04. The van der Waals surface area contributed by atoms with Crippen LogP contribution in [0.25, 0.3) is 0 Å². The Morgan fingerprint density at radius 2 is 2.00 bits per heavy atom. The Morgan fingerprint density at radius 3 is 2.60 bits per heavy atom. The molecule has 0 saturated carbocycles. The van der Waals surface area contributed by atoms with E-state index in [0.29, 0.717) is 5.69 Å². The first kappa shape index (κ1) is 11.6. The van der Waals surface area contributed by atoms with Crippen LogP contribution in [0.1, 0.15) is 0 Å². The molecule has 0 radical (unpaired) electrons. The van der Waals surface area contributed by atoms with Gasteiger partial charge in [-0.15, -0.1) is 11.8 Å². The van der Waals surface area contributed by atoms with Crippen LogP contribution in [0.4, 0.5) is 5.69 Å². The highest BCUT2D eigenvalue weighted by Gasteiger charge is 2.10. The molecule has 1 aromatic carbocycles. The van der Waals surface area contributed by atoms with Gasteiger partial charge in [0.2, 0.25) is 0 Å². The maximum Gasteiger partial charge on any atom is 0.313 e. The molecule has 1 rings (SSSR count). The largest absolute Gasteiger partial charge is 0.351 e. The monoisotopic (exact) mass is 224 g/mol. The summed E-state index contributed by atoms with van der Waals surface area (Å²) in [5.74, 6) is -1.31. The molecular formula is C10H12N2O2S. The first-order chi connectivity index (χ1) is 7.17. The minimum atomic E-state index is -0.657. The number of anilines is 1. The molecule has 0 aliphatic rings. The van der Waals surface area contributed by atoms with Crippen LogP contribution in [0, 0.1) is 0 Å². The predicted molar refractivity (Wildman–Crippen MR) is 60.9 cm³/mol. The Labute approximate surface area is 92.4 Å². The number of nitrogens with one attached hydrogen (secondary N) is 2. The van der Waals surface area contributed by atoms with Crippen LogP contribution in [0.2, 0.25) is 0 Å². The SMILES string of the molecule is CNC(=O)C(=O)Nc1cccc(SC)c1. The number of likely N-dealkylation sites (N-methyl/N-ethyl adjacent to an activating group) is 1. The highest BCUT2D eigenvalue weighted by atomic mass is 32.2. The second-order valence-corrected chi connectivity index (χ2v) is 3.64. The third-order valence-electron chi connectivity index (χ3n) is 1.76. The molecule has 5 heteroatoms. The van der Waals surface area contributed by atoms with E-state index in [-0.39, 0.29) is 0 Å². The standard InChI is InChI=1S/C10H12N2O2S/c1-11-9(13)10(14)12-7-4-3-5-8(6-7)15-2/h3-6H,1-2H3,(H,11,13)(H,12,14). The van der Waals surface area contributed by atoms with Crippen molar-refractivity contribution in [2.24, 2.45) is 0 Å². The van der Waals surface area contributed by atoms with E-state index >= 15 is 0 Å². The van der Waals surface area contributed by atoms with Crippen LogP contribution in [0.3, 0.4) is 0 Å². The van der Waals surface area contributed by atoms with Crippen LogP contribution >= 0.6 is 11.8 Å². The normalized spacial score (nSPS) is 9.47. The number of amides is 2. The molecule has 0 bridgehead atoms. The lowest BCUT2D eigenvalue weighted by atomic mass is 10.3. The van der Waals surface area contributed by atoms with E-state index in [2.05, 4.69) is 10.6 Å². The number of hydrogen-bond donors (Lipinski definition) is 2. The third-order valence-corrected chi connectivity index (χ3v) is 2.49. The van der Waals surface area contributed by atoms with Gasteiger partial charge in [0.15, 0.2) is 0 Å². The molecule has 15 heavy (non-hydrogen) atoms. The Balaban J connectivity index is 2.72. The molecule has 4 nitrogen and oxygen atoms in total. The number of benzene rings is 1. The Morgan fingerprint density at radius 1 is 1.27 bits per heavy atom. The molecule has 0 aliphatic heterocycles. The Bertz CT molecular complexity index is 379. The molecular weight excluding hydrogens is 212 g/mol. The molecule has 0 heterocycles. The van der Waals surface area contributed by atoms with Gasteiger partial charge in [-0.1, -0.05) is 6.07 Å². The first-order valence-corrected chi connectivity index (χ1v) is 5.57. The summed E-state index contributed by atoms with van der Waals surface area (Å²) in [6.45, 7) is 0. The minimum Gasteiger partial charge on any atom is -0.351 e. The summed E-state index contributed by atoms with van der Waals surface area (Å²) >= 11 is 1.57. The molecule has 0 saturated heterocycles. The number of hydrogen-bond acceptors (Lipinski definition) is 3. The lowest BCUT2D eigenvalue weighted by molar-refractivity contribution is -0.135. The molecule has 0 aromatic heterocycles. The third kappa shape index (κ3) is 3.28. The molecule has 0 fully saturated rings. The van der Waals surface area contributed by atoms with Crippen molar-refractivity contribution in [2.45, 2.75) is 4.90 Å². The molecule has 0 atom stereocenters. The van der Waals surface area contributed by atoms with Crippen molar-refractivity contribution < 1.29 is 9.59 Å². The van der Waals surface area contributed by atoms with Crippen LogP contribution in [0.5, 0.6) is 0 Å². The molecule has 2 amide bonds. The average Bonchev–Trinajstić information content (AvgIpc) is 2.28. The van der Waals surface area contributed by atoms with Gasteiger partial charge in [-0.3, -0.25) is 9.59 Å². The van der Waals surface area contributed by atoms with Crippen LogP contribution in [-0.4, -0.2) is 25.1 Å². The fourth-order valence-electron chi connectivity index (χ4n) is 1.00. The minimum absolute atomic E-state index is 0.621. The van der Waals surface area contributed by atoms with Gasteiger partial charge in [-0.2, -0.15) is 0 Å². The van der Waals surface area contributed by atoms with Gasteiger partial charge in [-0.25, -0.2) is 0 Å². The first-order valence-electron chi connectivity index (χ1n) is 4.34. The van der Waals surface area contributed by atoms with Crippen molar-refractivity contribution in [1.82, 2.24) is 5.32 Å². The maximum atomic E-state index is 11.2. The van der Waals surface area contributed by atoms with Gasteiger partial charge in [0.05, 0.1) is 0 Å². The predicted octanol–water partition coefficient (Wildman–Crippen LogP) is 1.09. The molecule has 0 aliphatic carbocycles. The average molecular weight is 224 g/mol. The van der Waals surface area contributed by atoms with Crippen molar-refractivity contribution in [3.05, 3.63) is 24.3 Å². The highest BCUT2D eigenvalue weighted by Crippen LogP contribution is 2.18. The fourth-order valence-corrected chi connectivity index (χ4v) is 1.46. The zero-order valence-electron chi connectivity index (χ0n) is 8.53. The van der Waals surface area contributed by atoms with Gasteiger partial charge in [0.25, 0.3) is 0 Å². The van der Waals surface area contributed by atoms with Gasteiger partial charge < -0.3 is 10.6 Å². The summed E-state index contributed by atoms with van der Waals surface area (Å²) in [7, 11) is 1.42. The topological polar surface area (TPSA) is 58.2 Å². The van der Waals surface area contributed by atoms with Crippen molar-refractivity contribution in [1.29, 1.82) is 0 Å². The summed E-state index contributed by atoms with van der Waals surface area (Å²) in [6.07, 6.45) is 1.94. The van der Waals surface area contributed by atoms with E-state index in [9.17, 15) is 9.59 Å². The van der Waals surface area contributed by atoms with Crippen molar-refractivity contribution in [2.75, 3.05) is 18.6 Å². The zero-order chi connectivity index (χ0) is 11.3. The number of carbonyl (C=O) groups is 2. The molecule has 0 unspecified atom stereocenters. The van der Waals surface area contributed by atoms with Crippen molar-refractivity contribution in [3.8, 4) is 0 Å². The Kier molecular flexibility index (Phi) is 4.17. The van der Waals surface area contributed by atoms with E-state index in [4.69, 9.17) is 0 Å². The van der Waals surface area contributed by atoms with Crippen molar-refractivity contribution >= 4 is 29.3 Å². The molecule has 80 valence electrons. The second-order valence-electron chi connectivity index (χ2n) is 2.77. The van der Waals surface area contributed by atoms with E-state index in [1.807, 2.05) is 24.5 Å². The van der Waals surface area contributed by atoms with E-state index < -0.39 is 11.8 Å². The van der Waals surface area contributed by atoms with Gasteiger partial charge >= 0.3 is 11.8 Å². The summed E-state index contributed by atoms with van der Waals surface area (Å²) in [5.41, 5.74) is 0.621. The molecule has 2 N–H and O–H groups in total. The highest BCUT2D eigenvalue weighted by molar-refractivity contribution is 7.98. The Hall–Kier alpha value is -1.49. The van der Waals surface area contributed by atoms with E-state index in [0.717, 1.165) is 4.90 Å². The zero-order valence-corrected chi connectivity index (χ0v) is 9.35. The summed E-state index contributed by atoms with van der Waals surface area (Å²) in [4.78, 5) is 23.2. The van der Waals surface area contributed by atoms with Gasteiger partial charge in [-0.05, 0) is 24.5 Å².